The van der Waals surface area contributed by atoms with Crippen molar-refractivity contribution in [2.75, 3.05) is 7.11 Å². The molecule has 2 aromatic rings. The molecule has 2 rings (SSSR count). The largest absolute Gasteiger partial charge is 0.469 e. The molecule has 19 heavy (non-hydrogen) atoms. The standard InChI is InChI=1S/C13H15N3O2S/c1-18-13(17)7-11-4-5-12(19-11)9-14-8-10-3-2-6-15-16-10/h2-6,14H,7-9H2,1H3. The van der Waals surface area contributed by atoms with Gasteiger partial charge < -0.3 is 10.1 Å². The molecule has 0 aliphatic rings. The number of carbonyl (C=O) groups is 1. The van der Waals surface area contributed by atoms with Crippen molar-refractivity contribution in [1.82, 2.24) is 15.5 Å². The van der Waals surface area contributed by atoms with E-state index in [9.17, 15) is 4.79 Å². The molecule has 0 atom stereocenters. The Labute approximate surface area is 115 Å². The molecule has 0 saturated carbocycles. The second-order valence-corrected chi connectivity index (χ2v) is 5.19. The van der Waals surface area contributed by atoms with Gasteiger partial charge in [0.2, 0.25) is 0 Å². The smallest absolute Gasteiger partial charge is 0.310 e. The molecule has 6 heteroatoms. The Morgan fingerprint density at radius 3 is 2.89 bits per heavy atom. The zero-order valence-corrected chi connectivity index (χ0v) is 11.4. The number of hydrogen-bond donors (Lipinski definition) is 1. The Bertz CT molecular complexity index is 528. The number of carbonyl (C=O) groups excluding carboxylic acids is 1. The molecule has 0 unspecified atom stereocenters. The molecule has 0 radical (unpaired) electrons. The van der Waals surface area contributed by atoms with E-state index < -0.39 is 0 Å². The predicted molar refractivity (Wildman–Crippen MR) is 72.6 cm³/mol. The Morgan fingerprint density at radius 1 is 1.32 bits per heavy atom. The van der Waals surface area contributed by atoms with Gasteiger partial charge in [-0.05, 0) is 24.3 Å². The SMILES string of the molecule is COC(=O)Cc1ccc(CNCc2cccnn2)s1. The summed E-state index contributed by atoms with van der Waals surface area (Å²) in [6, 6.07) is 7.77. The van der Waals surface area contributed by atoms with E-state index in [0.29, 0.717) is 13.0 Å². The number of hydrogen-bond acceptors (Lipinski definition) is 6. The first-order valence-electron chi connectivity index (χ1n) is 5.89. The van der Waals surface area contributed by atoms with Crippen LogP contribution in [0, 0.1) is 0 Å². The van der Waals surface area contributed by atoms with Crippen LogP contribution in [-0.2, 0) is 29.0 Å². The minimum absolute atomic E-state index is 0.207. The summed E-state index contributed by atoms with van der Waals surface area (Å²) in [6.45, 7) is 1.43. The molecule has 0 aromatic carbocycles. The van der Waals surface area contributed by atoms with E-state index in [1.54, 1.807) is 17.5 Å². The van der Waals surface area contributed by atoms with Crippen molar-refractivity contribution < 1.29 is 9.53 Å². The zero-order valence-electron chi connectivity index (χ0n) is 10.6. The summed E-state index contributed by atoms with van der Waals surface area (Å²) in [7, 11) is 1.40. The molecule has 0 amide bonds. The van der Waals surface area contributed by atoms with Crippen LogP contribution in [0.5, 0.6) is 0 Å². The van der Waals surface area contributed by atoms with Crippen LogP contribution in [0.3, 0.4) is 0 Å². The van der Waals surface area contributed by atoms with Gasteiger partial charge in [-0.15, -0.1) is 11.3 Å². The van der Waals surface area contributed by atoms with Crippen molar-refractivity contribution in [2.24, 2.45) is 0 Å². The van der Waals surface area contributed by atoms with Gasteiger partial charge in [-0.2, -0.15) is 10.2 Å². The van der Waals surface area contributed by atoms with E-state index in [4.69, 9.17) is 0 Å². The number of rotatable bonds is 6. The van der Waals surface area contributed by atoms with Gasteiger partial charge in [0.15, 0.2) is 0 Å². The van der Waals surface area contributed by atoms with Gasteiger partial charge in [0.25, 0.3) is 0 Å². The van der Waals surface area contributed by atoms with Crippen LogP contribution in [0.15, 0.2) is 30.5 Å². The Hall–Kier alpha value is -1.79. The monoisotopic (exact) mass is 277 g/mol. The number of nitrogens with one attached hydrogen (secondary N) is 1. The first-order chi connectivity index (χ1) is 9.28. The minimum Gasteiger partial charge on any atom is -0.469 e. The van der Waals surface area contributed by atoms with Crippen molar-refractivity contribution in [3.63, 3.8) is 0 Å². The predicted octanol–water partition coefficient (Wildman–Crippen LogP) is 1.54. The fraction of sp³-hybridized carbons (Fsp3) is 0.308. The molecule has 0 aliphatic carbocycles. The molecule has 5 nitrogen and oxygen atoms in total. The van der Waals surface area contributed by atoms with Crippen LogP contribution in [0.25, 0.3) is 0 Å². The third kappa shape index (κ3) is 4.42. The van der Waals surface area contributed by atoms with E-state index in [1.165, 1.54) is 12.0 Å². The van der Waals surface area contributed by atoms with Gasteiger partial charge in [0, 0.05) is 29.0 Å². The van der Waals surface area contributed by atoms with Crippen LogP contribution >= 0.6 is 11.3 Å². The van der Waals surface area contributed by atoms with Crippen molar-refractivity contribution in [3.8, 4) is 0 Å². The fourth-order valence-corrected chi connectivity index (χ4v) is 2.54. The molecule has 1 N–H and O–H groups in total. The second-order valence-electron chi connectivity index (χ2n) is 3.94. The summed E-state index contributed by atoms with van der Waals surface area (Å²) >= 11 is 1.61. The number of esters is 1. The van der Waals surface area contributed by atoms with Crippen LogP contribution in [0.4, 0.5) is 0 Å². The fourth-order valence-electron chi connectivity index (χ4n) is 1.57. The molecule has 2 heterocycles. The average molecular weight is 277 g/mol. The average Bonchev–Trinajstić information content (AvgIpc) is 2.87. The van der Waals surface area contributed by atoms with Gasteiger partial charge in [0.05, 0.1) is 19.2 Å². The number of nitrogens with zero attached hydrogens (tertiary/aromatic N) is 2. The quantitative estimate of drug-likeness (QED) is 0.811. The third-order valence-electron chi connectivity index (χ3n) is 2.50. The molecule has 0 bridgehead atoms. The Balaban J connectivity index is 1.79. The normalized spacial score (nSPS) is 10.4. The first kappa shape index (κ1) is 13.6. The highest BCUT2D eigenvalue weighted by molar-refractivity contribution is 7.12. The molecule has 2 aromatic heterocycles. The van der Waals surface area contributed by atoms with Gasteiger partial charge >= 0.3 is 5.97 Å². The van der Waals surface area contributed by atoms with E-state index in [2.05, 4.69) is 20.3 Å². The number of methoxy groups -OCH3 is 1. The zero-order chi connectivity index (χ0) is 13.5. The van der Waals surface area contributed by atoms with Crippen molar-refractivity contribution >= 4 is 17.3 Å². The maximum absolute atomic E-state index is 11.1. The van der Waals surface area contributed by atoms with Gasteiger partial charge in [-0.25, -0.2) is 0 Å². The van der Waals surface area contributed by atoms with Crippen LogP contribution in [-0.4, -0.2) is 23.3 Å². The molecule has 0 spiro atoms. The lowest BCUT2D eigenvalue weighted by atomic mass is 10.3. The lowest BCUT2D eigenvalue weighted by Gasteiger charge is -2.01. The number of thiophene rings is 1. The maximum Gasteiger partial charge on any atom is 0.310 e. The lowest BCUT2D eigenvalue weighted by Crippen LogP contribution is -2.13. The van der Waals surface area contributed by atoms with E-state index in [0.717, 1.165) is 17.1 Å². The Kier molecular flexibility index (Phi) is 5.00. The molecule has 0 fully saturated rings. The van der Waals surface area contributed by atoms with Gasteiger partial charge in [0.1, 0.15) is 0 Å². The molecular formula is C13H15N3O2S. The lowest BCUT2D eigenvalue weighted by molar-refractivity contribution is -0.139. The maximum atomic E-state index is 11.1. The van der Waals surface area contributed by atoms with E-state index >= 15 is 0 Å². The summed E-state index contributed by atoms with van der Waals surface area (Å²) in [5, 5.41) is 11.1. The van der Waals surface area contributed by atoms with Crippen LogP contribution < -0.4 is 5.32 Å². The van der Waals surface area contributed by atoms with Crippen molar-refractivity contribution in [3.05, 3.63) is 45.9 Å². The highest BCUT2D eigenvalue weighted by atomic mass is 32.1. The number of aromatic nitrogens is 2. The minimum atomic E-state index is -0.207. The number of ether oxygens (including phenoxy) is 1. The molecule has 0 aliphatic heterocycles. The van der Waals surface area contributed by atoms with Crippen LogP contribution in [0.2, 0.25) is 0 Å². The highest BCUT2D eigenvalue weighted by Gasteiger charge is 2.06. The third-order valence-corrected chi connectivity index (χ3v) is 3.58. The second kappa shape index (κ2) is 6.96. The molecule has 0 saturated heterocycles. The highest BCUT2D eigenvalue weighted by Crippen LogP contribution is 2.17. The summed E-state index contributed by atoms with van der Waals surface area (Å²) in [5.41, 5.74) is 0.911. The van der Waals surface area contributed by atoms with E-state index in [-0.39, 0.29) is 5.97 Å². The summed E-state index contributed by atoms with van der Waals surface area (Å²) < 4.78 is 4.64. The topological polar surface area (TPSA) is 64.1 Å². The summed E-state index contributed by atoms with van der Waals surface area (Å²) in [4.78, 5) is 13.3. The van der Waals surface area contributed by atoms with E-state index in [1.807, 2.05) is 24.3 Å². The van der Waals surface area contributed by atoms with Gasteiger partial charge in [-0.3, -0.25) is 4.79 Å². The summed E-state index contributed by atoms with van der Waals surface area (Å²) in [6.07, 6.45) is 1.99. The van der Waals surface area contributed by atoms with Crippen molar-refractivity contribution in [2.45, 2.75) is 19.5 Å². The first-order valence-corrected chi connectivity index (χ1v) is 6.71. The van der Waals surface area contributed by atoms with Crippen molar-refractivity contribution in [1.29, 1.82) is 0 Å². The Morgan fingerprint density at radius 2 is 2.16 bits per heavy atom. The van der Waals surface area contributed by atoms with Crippen LogP contribution in [0.1, 0.15) is 15.4 Å². The van der Waals surface area contributed by atoms with Gasteiger partial charge in [-0.1, -0.05) is 0 Å². The molecule has 100 valence electrons. The summed E-state index contributed by atoms with van der Waals surface area (Å²) in [5.74, 6) is -0.207. The molecular weight excluding hydrogens is 262 g/mol.